The molecule has 0 amide bonds. The Morgan fingerprint density at radius 3 is 2.95 bits per heavy atom. The van der Waals surface area contributed by atoms with Crippen LogP contribution in [0, 0.1) is 0 Å². The van der Waals surface area contributed by atoms with Gasteiger partial charge in [-0.15, -0.1) is 0 Å². The summed E-state index contributed by atoms with van der Waals surface area (Å²) in [7, 11) is 1.90. The molecule has 0 spiro atoms. The van der Waals surface area contributed by atoms with Crippen molar-refractivity contribution < 1.29 is 0 Å². The second kappa shape index (κ2) is 3.78. The summed E-state index contributed by atoms with van der Waals surface area (Å²) in [6, 6.07) is 2.38. The molecule has 7 heteroatoms. The van der Waals surface area contributed by atoms with Gasteiger partial charge in [-0.2, -0.15) is 10.2 Å². The van der Waals surface area contributed by atoms with Gasteiger partial charge >= 0.3 is 0 Å². The summed E-state index contributed by atoms with van der Waals surface area (Å²) >= 11 is 0. The van der Waals surface area contributed by atoms with E-state index in [2.05, 4.69) is 25.1 Å². The summed E-state index contributed by atoms with van der Waals surface area (Å²) in [6.45, 7) is 1.84. The van der Waals surface area contributed by atoms with Crippen molar-refractivity contribution in [1.82, 2.24) is 29.5 Å². The summed E-state index contributed by atoms with van der Waals surface area (Å²) < 4.78 is 3.77. The Morgan fingerprint density at radius 1 is 1.26 bits per heavy atom. The maximum atomic E-state index is 4.39. The van der Waals surface area contributed by atoms with Gasteiger partial charge in [0.25, 0.3) is 0 Å². The molecule has 4 rings (SSSR count). The SMILES string of the molecule is Cn1cc2c(N3CC(n4cccn4)C3)ncnc2n1. The molecule has 1 saturated heterocycles. The quantitative estimate of drug-likeness (QED) is 0.671. The van der Waals surface area contributed by atoms with Crippen LogP contribution in [0.25, 0.3) is 11.0 Å². The van der Waals surface area contributed by atoms with Gasteiger partial charge in [-0.1, -0.05) is 0 Å². The zero-order valence-electron chi connectivity index (χ0n) is 10.5. The van der Waals surface area contributed by atoms with Crippen LogP contribution in [-0.4, -0.2) is 42.6 Å². The number of fused-ring (bicyclic) bond motifs is 1. The highest BCUT2D eigenvalue weighted by molar-refractivity contribution is 5.86. The zero-order valence-corrected chi connectivity index (χ0v) is 10.5. The van der Waals surface area contributed by atoms with Crippen LogP contribution < -0.4 is 4.90 Å². The number of hydrogen-bond acceptors (Lipinski definition) is 5. The maximum absolute atomic E-state index is 4.39. The minimum Gasteiger partial charge on any atom is -0.351 e. The minimum atomic E-state index is 0.427. The van der Waals surface area contributed by atoms with Crippen molar-refractivity contribution in [3.05, 3.63) is 31.0 Å². The fourth-order valence-corrected chi connectivity index (χ4v) is 2.48. The number of nitrogens with zero attached hydrogens (tertiary/aromatic N) is 7. The average molecular weight is 255 g/mol. The summed E-state index contributed by atoms with van der Waals surface area (Å²) in [4.78, 5) is 10.8. The molecule has 7 nitrogen and oxygen atoms in total. The van der Waals surface area contributed by atoms with Crippen LogP contribution in [0.2, 0.25) is 0 Å². The molecular weight excluding hydrogens is 242 g/mol. The zero-order chi connectivity index (χ0) is 12.8. The van der Waals surface area contributed by atoms with E-state index in [1.165, 1.54) is 0 Å². The molecule has 0 aliphatic carbocycles. The minimum absolute atomic E-state index is 0.427. The van der Waals surface area contributed by atoms with Gasteiger partial charge in [0.1, 0.15) is 12.1 Å². The molecule has 0 N–H and O–H groups in total. The van der Waals surface area contributed by atoms with Crippen molar-refractivity contribution in [1.29, 1.82) is 0 Å². The fourth-order valence-electron chi connectivity index (χ4n) is 2.48. The standard InChI is InChI=1S/C12H13N7/c1-17-7-10-11(16-17)13-8-14-12(10)18-5-9(6-18)19-4-2-3-15-19/h2-4,7-9H,5-6H2,1H3. The topological polar surface area (TPSA) is 64.7 Å². The van der Waals surface area contributed by atoms with E-state index in [-0.39, 0.29) is 0 Å². The highest BCUT2D eigenvalue weighted by atomic mass is 15.4. The van der Waals surface area contributed by atoms with Gasteiger partial charge in [-0.3, -0.25) is 9.36 Å². The van der Waals surface area contributed by atoms with Gasteiger partial charge in [0.05, 0.1) is 11.4 Å². The van der Waals surface area contributed by atoms with Crippen molar-refractivity contribution in [3.8, 4) is 0 Å². The predicted octanol–water partition coefficient (Wildman–Crippen LogP) is 0.621. The van der Waals surface area contributed by atoms with Crippen molar-refractivity contribution in [2.75, 3.05) is 18.0 Å². The van der Waals surface area contributed by atoms with Crippen LogP contribution in [0.3, 0.4) is 0 Å². The van der Waals surface area contributed by atoms with Gasteiger partial charge < -0.3 is 4.90 Å². The Balaban J connectivity index is 1.63. The lowest BCUT2D eigenvalue weighted by atomic mass is 10.1. The van der Waals surface area contributed by atoms with Gasteiger partial charge in [0, 0.05) is 38.7 Å². The van der Waals surface area contributed by atoms with Crippen LogP contribution in [0.4, 0.5) is 5.82 Å². The third-order valence-electron chi connectivity index (χ3n) is 3.47. The first-order chi connectivity index (χ1) is 9.31. The maximum Gasteiger partial charge on any atom is 0.186 e. The van der Waals surface area contributed by atoms with E-state index in [1.54, 1.807) is 11.0 Å². The molecule has 0 saturated carbocycles. The number of hydrogen-bond donors (Lipinski definition) is 0. The van der Waals surface area contributed by atoms with E-state index in [0.717, 1.165) is 29.9 Å². The molecular formula is C12H13N7. The Hall–Kier alpha value is -2.44. The van der Waals surface area contributed by atoms with Crippen molar-refractivity contribution in [3.63, 3.8) is 0 Å². The lowest BCUT2D eigenvalue weighted by Crippen LogP contribution is -2.48. The predicted molar refractivity (Wildman–Crippen MR) is 69.8 cm³/mol. The first kappa shape index (κ1) is 10.5. The number of aryl methyl sites for hydroxylation is 1. The summed E-state index contributed by atoms with van der Waals surface area (Å²) in [5, 5.41) is 9.58. The van der Waals surface area contributed by atoms with Gasteiger partial charge in [-0.05, 0) is 6.07 Å². The van der Waals surface area contributed by atoms with E-state index in [4.69, 9.17) is 0 Å². The molecule has 0 aromatic carbocycles. The van der Waals surface area contributed by atoms with E-state index in [9.17, 15) is 0 Å². The fraction of sp³-hybridized carbons (Fsp3) is 0.333. The normalized spacial score (nSPS) is 15.9. The van der Waals surface area contributed by atoms with Gasteiger partial charge in [0.15, 0.2) is 5.65 Å². The second-order valence-corrected chi connectivity index (χ2v) is 4.78. The molecule has 0 unspecified atom stereocenters. The number of anilines is 1. The van der Waals surface area contributed by atoms with E-state index < -0.39 is 0 Å². The second-order valence-electron chi connectivity index (χ2n) is 4.78. The number of aromatic nitrogens is 6. The molecule has 4 heterocycles. The lowest BCUT2D eigenvalue weighted by molar-refractivity contribution is 0.366. The molecule has 3 aromatic rings. The molecule has 96 valence electrons. The van der Waals surface area contributed by atoms with E-state index in [0.29, 0.717) is 6.04 Å². The average Bonchev–Trinajstić information content (AvgIpc) is 2.95. The highest BCUT2D eigenvalue weighted by Crippen LogP contribution is 2.30. The van der Waals surface area contributed by atoms with Crippen LogP contribution in [0.15, 0.2) is 31.0 Å². The Morgan fingerprint density at radius 2 is 2.16 bits per heavy atom. The van der Waals surface area contributed by atoms with Crippen LogP contribution in [0.1, 0.15) is 6.04 Å². The third-order valence-corrected chi connectivity index (χ3v) is 3.47. The van der Waals surface area contributed by atoms with Gasteiger partial charge in [0.2, 0.25) is 0 Å². The molecule has 19 heavy (non-hydrogen) atoms. The molecule has 1 fully saturated rings. The monoisotopic (exact) mass is 255 g/mol. The lowest BCUT2D eigenvalue weighted by Gasteiger charge is -2.40. The first-order valence-corrected chi connectivity index (χ1v) is 6.20. The first-order valence-electron chi connectivity index (χ1n) is 6.20. The summed E-state index contributed by atoms with van der Waals surface area (Å²) in [5.41, 5.74) is 0.745. The molecule has 0 bridgehead atoms. The summed E-state index contributed by atoms with van der Waals surface area (Å²) in [6.07, 6.45) is 7.35. The smallest absolute Gasteiger partial charge is 0.186 e. The van der Waals surface area contributed by atoms with Crippen molar-refractivity contribution >= 4 is 16.9 Å². The molecule has 1 aliphatic rings. The number of rotatable bonds is 2. The van der Waals surface area contributed by atoms with Crippen molar-refractivity contribution in [2.24, 2.45) is 7.05 Å². The Kier molecular flexibility index (Phi) is 2.08. The van der Waals surface area contributed by atoms with Crippen LogP contribution in [0.5, 0.6) is 0 Å². The Bertz CT molecular complexity index is 709. The molecule has 1 aliphatic heterocycles. The van der Waals surface area contributed by atoms with Crippen molar-refractivity contribution in [2.45, 2.75) is 6.04 Å². The van der Waals surface area contributed by atoms with Crippen LogP contribution >= 0.6 is 0 Å². The molecule has 3 aromatic heterocycles. The molecule has 0 atom stereocenters. The summed E-state index contributed by atoms with van der Waals surface area (Å²) in [5.74, 6) is 0.960. The van der Waals surface area contributed by atoms with E-state index in [1.807, 2.05) is 36.4 Å². The Labute approximate surface area is 109 Å². The van der Waals surface area contributed by atoms with Gasteiger partial charge in [-0.25, -0.2) is 9.97 Å². The largest absolute Gasteiger partial charge is 0.351 e. The third kappa shape index (κ3) is 1.58. The highest BCUT2D eigenvalue weighted by Gasteiger charge is 2.30. The van der Waals surface area contributed by atoms with E-state index >= 15 is 0 Å². The molecule has 0 radical (unpaired) electrons. The van der Waals surface area contributed by atoms with Crippen LogP contribution in [-0.2, 0) is 7.05 Å².